The molecule has 0 radical (unpaired) electrons. The fourth-order valence-corrected chi connectivity index (χ4v) is 6.93. The molecule has 1 atom stereocenters. The molecule has 0 saturated heterocycles. The van der Waals surface area contributed by atoms with Crippen molar-refractivity contribution in [2.75, 3.05) is 10.8 Å². The number of benzene rings is 3. The van der Waals surface area contributed by atoms with Crippen molar-refractivity contribution in [1.82, 2.24) is 10.2 Å². The third-order valence-corrected chi connectivity index (χ3v) is 10.1. The highest BCUT2D eigenvalue weighted by atomic mass is 79.9. The highest BCUT2D eigenvalue weighted by molar-refractivity contribution is 9.10. The summed E-state index contributed by atoms with van der Waals surface area (Å²) < 4.78 is 29.9. The van der Waals surface area contributed by atoms with Gasteiger partial charge in [0.1, 0.15) is 12.6 Å². The first-order chi connectivity index (χ1) is 19.5. The van der Waals surface area contributed by atoms with E-state index in [1.54, 1.807) is 19.1 Å². The number of rotatable bonds is 10. The van der Waals surface area contributed by atoms with Gasteiger partial charge in [0.05, 0.1) is 10.6 Å². The van der Waals surface area contributed by atoms with Crippen molar-refractivity contribution in [2.45, 2.75) is 70.0 Å². The van der Waals surface area contributed by atoms with Crippen LogP contribution < -0.4 is 9.62 Å². The molecular formula is C31H35BrClN3O4S. The van der Waals surface area contributed by atoms with Crippen LogP contribution in [0.2, 0.25) is 5.02 Å². The number of nitrogens with one attached hydrogen (secondary N) is 1. The van der Waals surface area contributed by atoms with E-state index in [4.69, 9.17) is 11.6 Å². The Balaban J connectivity index is 1.70. The summed E-state index contributed by atoms with van der Waals surface area (Å²) in [7, 11) is -4.15. The van der Waals surface area contributed by atoms with E-state index in [2.05, 4.69) is 21.2 Å². The molecule has 41 heavy (non-hydrogen) atoms. The quantitative estimate of drug-likeness (QED) is 0.273. The Labute approximate surface area is 256 Å². The van der Waals surface area contributed by atoms with Crippen molar-refractivity contribution >= 4 is 55.1 Å². The van der Waals surface area contributed by atoms with Gasteiger partial charge in [0.15, 0.2) is 0 Å². The Kier molecular flexibility index (Phi) is 10.2. The van der Waals surface area contributed by atoms with Crippen molar-refractivity contribution in [3.63, 3.8) is 0 Å². The molecule has 4 rings (SSSR count). The van der Waals surface area contributed by atoms with Crippen molar-refractivity contribution in [3.05, 3.63) is 92.9 Å². The minimum absolute atomic E-state index is 0.0125. The van der Waals surface area contributed by atoms with Crippen LogP contribution in [0.4, 0.5) is 5.69 Å². The normalized spacial score (nSPS) is 14.5. The van der Waals surface area contributed by atoms with E-state index in [9.17, 15) is 18.0 Å². The predicted octanol–water partition coefficient (Wildman–Crippen LogP) is 6.39. The lowest BCUT2D eigenvalue weighted by molar-refractivity contribution is -0.139. The van der Waals surface area contributed by atoms with Crippen molar-refractivity contribution in [1.29, 1.82) is 0 Å². The molecule has 1 saturated carbocycles. The Morgan fingerprint density at radius 1 is 1.00 bits per heavy atom. The molecule has 1 N–H and O–H groups in total. The molecule has 218 valence electrons. The molecule has 1 aliphatic carbocycles. The van der Waals surface area contributed by atoms with Gasteiger partial charge >= 0.3 is 0 Å². The largest absolute Gasteiger partial charge is 0.352 e. The molecule has 1 unspecified atom stereocenters. The lowest BCUT2D eigenvalue weighted by atomic mass is 10.1. The van der Waals surface area contributed by atoms with E-state index >= 15 is 0 Å². The van der Waals surface area contributed by atoms with Crippen LogP contribution in [-0.2, 0) is 26.2 Å². The number of sulfonamides is 1. The predicted molar refractivity (Wildman–Crippen MR) is 166 cm³/mol. The van der Waals surface area contributed by atoms with Crippen LogP contribution >= 0.6 is 27.5 Å². The van der Waals surface area contributed by atoms with Gasteiger partial charge in [0.2, 0.25) is 11.8 Å². The molecule has 2 amide bonds. The minimum Gasteiger partial charge on any atom is -0.352 e. The van der Waals surface area contributed by atoms with Crippen molar-refractivity contribution in [2.24, 2.45) is 0 Å². The SMILES string of the molecule is Cc1ccc(N(CC(=O)N(Cc2cccc(Br)c2)C(C)C(=O)NC2CCCC2)S(=O)(=O)c2ccc(Cl)cc2)cc1C. The lowest BCUT2D eigenvalue weighted by Gasteiger charge is -2.32. The molecule has 0 aliphatic heterocycles. The van der Waals surface area contributed by atoms with E-state index < -0.39 is 28.5 Å². The van der Waals surface area contributed by atoms with Gasteiger partial charge in [-0.25, -0.2) is 8.42 Å². The topological polar surface area (TPSA) is 86.8 Å². The van der Waals surface area contributed by atoms with Gasteiger partial charge in [-0.2, -0.15) is 0 Å². The van der Waals surface area contributed by atoms with E-state index in [0.717, 1.165) is 51.2 Å². The second-order valence-electron chi connectivity index (χ2n) is 10.6. The van der Waals surface area contributed by atoms with Gasteiger partial charge < -0.3 is 10.2 Å². The maximum absolute atomic E-state index is 14.1. The van der Waals surface area contributed by atoms with Crippen molar-refractivity contribution in [3.8, 4) is 0 Å². The Morgan fingerprint density at radius 2 is 1.68 bits per heavy atom. The molecule has 10 heteroatoms. The van der Waals surface area contributed by atoms with E-state index in [-0.39, 0.29) is 23.4 Å². The van der Waals surface area contributed by atoms with Gasteiger partial charge in [-0.3, -0.25) is 13.9 Å². The highest BCUT2D eigenvalue weighted by Crippen LogP contribution is 2.27. The van der Waals surface area contributed by atoms with Gasteiger partial charge in [-0.1, -0.05) is 58.6 Å². The molecule has 1 fully saturated rings. The number of hydrogen-bond acceptors (Lipinski definition) is 4. The summed E-state index contributed by atoms with van der Waals surface area (Å²) in [5.74, 6) is -0.742. The molecule has 1 aliphatic rings. The number of carbonyl (C=O) groups excluding carboxylic acids is 2. The van der Waals surface area contributed by atoms with Gasteiger partial charge in [0.25, 0.3) is 10.0 Å². The highest BCUT2D eigenvalue weighted by Gasteiger charge is 2.33. The second-order valence-corrected chi connectivity index (χ2v) is 13.8. The first-order valence-corrected chi connectivity index (χ1v) is 16.3. The van der Waals surface area contributed by atoms with E-state index in [1.165, 1.54) is 29.2 Å². The number of aryl methyl sites for hydroxylation is 2. The molecule has 7 nitrogen and oxygen atoms in total. The summed E-state index contributed by atoms with van der Waals surface area (Å²) >= 11 is 9.50. The summed E-state index contributed by atoms with van der Waals surface area (Å²) in [4.78, 5) is 28.9. The Bertz CT molecular complexity index is 1510. The summed E-state index contributed by atoms with van der Waals surface area (Å²) in [5, 5.41) is 3.49. The molecular weight excluding hydrogens is 626 g/mol. The zero-order valence-electron chi connectivity index (χ0n) is 23.4. The van der Waals surface area contributed by atoms with Gasteiger partial charge in [0, 0.05) is 22.1 Å². The minimum atomic E-state index is -4.15. The number of anilines is 1. The van der Waals surface area contributed by atoms with E-state index in [0.29, 0.717) is 10.7 Å². The average Bonchev–Trinajstić information content (AvgIpc) is 3.44. The first-order valence-electron chi connectivity index (χ1n) is 13.7. The Hall–Kier alpha value is -2.88. The third-order valence-electron chi connectivity index (χ3n) is 7.57. The number of halogens is 2. The maximum atomic E-state index is 14.1. The third kappa shape index (κ3) is 7.70. The molecule has 0 bridgehead atoms. The average molecular weight is 661 g/mol. The van der Waals surface area contributed by atoms with Crippen LogP contribution in [0.3, 0.4) is 0 Å². The van der Waals surface area contributed by atoms with Gasteiger partial charge in [-0.15, -0.1) is 0 Å². The fourth-order valence-electron chi connectivity index (χ4n) is 4.95. The standard InChI is InChI=1S/C31H35BrClN3O4S/c1-21-11-14-28(17-22(21)2)36(41(39,40)29-15-12-26(33)13-16-29)20-30(37)35(19-24-7-6-8-25(32)18-24)23(3)31(38)34-27-9-4-5-10-27/h6-8,11-18,23,27H,4-5,9-10,19-20H2,1-3H3,(H,34,38). The molecule has 0 aromatic heterocycles. The molecule has 3 aromatic rings. The maximum Gasteiger partial charge on any atom is 0.264 e. The lowest BCUT2D eigenvalue weighted by Crippen LogP contribution is -2.52. The van der Waals surface area contributed by atoms with Crippen LogP contribution in [0.25, 0.3) is 0 Å². The summed E-state index contributed by atoms with van der Waals surface area (Å²) in [5.41, 5.74) is 3.06. The number of amides is 2. The number of carbonyl (C=O) groups is 2. The summed E-state index contributed by atoms with van der Waals surface area (Å²) in [6, 6.07) is 17.9. The summed E-state index contributed by atoms with van der Waals surface area (Å²) in [6.07, 6.45) is 3.96. The van der Waals surface area contributed by atoms with Gasteiger partial charge in [-0.05, 0) is 98.8 Å². The number of nitrogens with zero attached hydrogens (tertiary/aromatic N) is 2. The van der Waals surface area contributed by atoms with E-state index in [1.807, 2.05) is 44.2 Å². The second kappa shape index (κ2) is 13.4. The molecule has 3 aromatic carbocycles. The molecule has 0 spiro atoms. The first kappa shape index (κ1) is 31.1. The number of hydrogen-bond donors (Lipinski definition) is 1. The van der Waals surface area contributed by atoms with Crippen molar-refractivity contribution < 1.29 is 18.0 Å². The molecule has 0 heterocycles. The summed E-state index contributed by atoms with van der Waals surface area (Å²) in [6.45, 7) is 5.17. The van der Waals surface area contributed by atoms with Crippen LogP contribution in [0.5, 0.6) is 0 Å². The Morgan fingerprint density at radius 3 is 2.32 bits per heavy atom. The zero-order valence-corrected chi connectivity index (χ0v) is 26.6. The van der Waals surface area contributed by atoms with Crippen LogP contribution in [-0.4, -0.2) is 43.8 Å². The van der Waals surface area contributed by atoms with Crippen LogP contribution in [0.15, 0.2) is 76.1 Å². The smallest absolute Gasteiger partial charge is 0.264 e. The zero-order chi connectivity index (χ0) is 29.7. The van der Waals surface area contributed by atoms with Crippen LogP contribution in [0, 0.1) is 13.8 Å². The monoisotopic (exact) mass is 659 g/mol. The fraction of sp³-hybridized carbons (Fsp3) is 0.355. The van der Waals surface area contributed by atoms with Crippen LogP contribution in [0.1, 0.15) is 49.3 Å².